The van der Waals surface area contributed by atoms with Crippen molar-refractivity contribution in [3.63, 3.8) is 0 Å². The molecular weight excluding hydrogens is 262 g/mol. The summed E-state index contributed by atoms with van der Waals surface area (Å²) in [6, 6.07) is 19.3. The average Bonchev–Trinajstić information content (AvgIpc) is 2.52. The van der Waals surface area contributed by atoms with Crippen molar-refractivity contribution in [1.82, 2.24) is 0 Å². The van der Waals surface area contributed by atoms with Gasteiger partial charge in [-0.15, -0.1) is 0 Å². The van der Waals surface area contributed by atoms with E-state index in [1.54, 1.807) is 6.92 Å². The second kappa shape index (κ2) is 7.25. The molecule has 2 aromatic carbocycles. The zero-order chi connectivity index (χ0) is 15.1. The highest BCUT2D eigenvalue weighted by molar-refractivity contribution is 5.83. The molecule has 0 N–H and O–H groups in total. The lowest BCUT2D eigenvalue weighted by molar-refractivity contribution is -0.118. The van der Waals surface area contributed by atoms with E-state index in [0.29, 0.717) is 12.2 Å². The van der Waals surface area contributed by atoms with Crippen LogP contribution >= 0.6 is 0 Å². The summed E-state index contributed by atoms with van der Waals surface area (Å²) in [5, 5.41) is 8.48. The highest BCUT2D eigenvalue weighted by atomic mass is 16.5. The molecule has 0 amide bonds. The molecule has 3 nitrogen and oxygen atoms in total. The summed E-state index contributed by atoms with van der Waals surface area (Å²) in [5.74, 6) is 0.697. The van der Waals surface area contributed by atoms with Gasteiger partial charge in [-0.05, 0) is 36.6 Å². The first kappa shape index (κ1) is 14.8. The minimum atomic E-state index is -0.128. The fourth-order valence-electron chi connectivity index (χ4n) is 2.25. The van der Waals surface area contributed by atoms with E-state index in [1.807, 2.05) is 60.7 Å². The van der Waals surface area contributed by atoms with Crippen LogP contribution in [0.1, 0.15) is 24.0 Å². The molecule has 21 heavy (non-hydrogen) atoms. The molecule has 0 fully saturated rings. The SMILES string of the molecule is CC(=O)C(Cc1ccc(OCC#N)cc1)c1ccccc1. The number of ketones is 1. The minimum Gasteiger partial charge on any atom is -0.479 e. The van der Waals surface area contributed by atoms with Crippen molar-refractivity contribution >= 4 is 5.78 Å². The maximum Gasteiger partial charge on any atom is 0.174 e. The van der Waals surface area contributed by atoms with E-state index in [2.05, 4.69) is 0 Å². The van der Waals surface area contributed by atoms with Gasteiger partial charge in [0.1, 0.15) is 17.6 Å². The standard InChI is InChI=1S/C18H17NO2/c1-14(20)18(16-5-3-2-4-6-16)13-15-7-9-17(10-8-15)21-12-11-19/h2-10,18H,12-13H2,1H3. The van der Waals surface area contributed by atoms with Gasteiger partial charge < -0.3 is 4.74 Å². The maximum absolute atomic E-state index is 11.9. The molecule has 0 aliphatic rings. The van der Waals surface area contributed by atoms with Crippen LogP contribution in [0.25, 0.3) is 0 Å². The number of carbonyl (C=O) groups is 1. The number of carbonyl (C=O) groups excluding carboxylic acids is 1. The summed E-state index contributed by atoms with van der Waals surface area (Å²) in [6.07, 6.45) is 0.665. The molecule has 0 spiro atoms. The summed E-state index contributed by atoms with van der Waals surface area (Å²) in [6.45, 7) is 1.67. The van der Waals surface area contributed by atoms with E-state index in [0.717, 1.165) is 11.1 Å². The van der Waals surface area contributed by atoms with Crippen molar-refractivity contribution in [2.24, 2.45) is 0 Å². The predicted octanol–water partition coefficient (Wildman–Crippen LogP) is 3.50. The monoisotopic (exact) mass is 279 g/mol. The third-order valence-corrected chi connectivity index (χ3v) is 3.36. The highest BCUT2D eigenvalue weighted by Crippen LogP contribution is 2.23. The molecule has 0 aliphatic heterocycles. The number of nitriles is 1. The summed E-state index contributed by atoms with van der Waals surface area (Å²) in [4.78, 5) is 11.9. The molecule has 3 heteroatoms. The number of rotatable bonds is 6. The number of hydrogen-bond donors (Lipinski definition) is 0. The summed E-state index contributed by atoms with van der Waals surface area (Å²) < 4.78 is 5.22. The van der Waals surface area contributed by atoms with Crippen LogP contribution in [0.4, 0.5) is 0 Å². The van der Waals surface area contributed by atoms with E-state index in [1.165, 1.54) is 0 Å². The highest BCUT2D eigenvalue weighted by Gasteiger charge is 2.17. The van der Waals surface area contributed by atoms with Gasteiger partial charge in [-0.2, -0.15) is 5.26 Å². The van der Waals surface area contributed by atoms with Crippen LogP contribution in [0, 0.1) is 11.3 Å². The fraction of sp³-hybridized carbons (Fsp3) is 0.222. The van der Waals surface area contributed by atoms with E-state index in [4.69, 9.17) is 10.00 Å². The summed E-state index contributed by atoms with van der Waals surface area (Å²) >= 11 is 0. The van der Waals surface area contributed by atoms with Gasteiger partial charge in [0.15, 0.2) is 6.61 Å². The number of benzene rings is 2. The molecule has 0 aliphatic carbocycles. The molecule has 0 saturated carbocycles. The Morgan fingerprint density at radius 1 is 1.14 bits per heavy atom. The number of nitrogens with zero attached hydrogens (tertiary/aromatic N) is 1. The molecule has 2 aromatic rings. The number of ether oxygens (including phenoxy) is 1. The third-order valence-electron chi connectivity index (χ3n) is 3.36. The normalized spacial score (nSPS) is 11.4. The maximum atomic E-state index is 11.9. The second-order valence-corrected chi connectivity index (χ2v) is 4.87. The summed E-state index contributed by atoms with van der Waals surface area (Å²) in [5.41, 5.74) is 2.11. The van der Waals surface area contributed by atoms with Crippen LogP contribution in [0.2, 0.25) is 0 Å². The smallest absolute Gasteiger partial charge is 0.174 e. The Balaban J connectivity index is 2.11. The van der Waals surface area contributed by atoms with Crippen LogP contribution in [-0.4, -0.2) is 12.4 Å². The molecule has 0 radical (unpaired) electrons. The zero-order valence-electron chi connectivity index (χ0n) is 12.0. The molecule has 1 atom stereocenters. The van der Waals surface area contributed by atoms with Crippen LogP contribution in [0.3, 0.4) is 0 Å². The number of hydrogen-bond acceptors (Lipinski definition) is 3. The van der Waals surface area contributed by atoms with Gasteiger partial charge in [0.05, 0.1) is 0 Å². The second-order valence-electron chi connectivity index (χ2n) is 4.87. The molecule has 0 bridgehead atoms. The van der Waals surface area contributed by atoms with Gasteiger partial charge in [0.2, 0.25) is 0 Å². The minimum absolute atomic E-state index is 0.0411. The van der Waals surface area contributed by atoms with Crippen molar-refractivity contribution in [3.8, 4) is 11.8 Å². The third kappa shape index (κ3) is 4.19. The molecule has 0 saturated heterocycles. The van der Waals surface area contributed by atoms with Gasteiger partial charge in [-0.3, -0.25) is 4.79 Å². The van der Waals surface area contributed by atoms with Gasteiger partial charge >= 0.3 is 0 Å². The lowest BCUT2D eigenvalue weighted by Gasteiger charge is -2.14. The van der Waals surface area contributed by atoms with Gasteiger partial charge in [0.25, 0.3) is 0 Å². The van der Waals surface area contributed by atoms with Crippen molar-refractivity contribution < 1.29 is 9.53 Å². The molecule has 1 unspecified atom stereocenters. The molecular formula is C18H17NO2. The summed E-state index contributed by atoms with van der Waals surface area (Å²) in [7, 11) is 0. The number of Topliss-reactive ketones (excluding diaryl/α,β-unsaturated/α-hetero) is 1. The van der Waals surface area contributed by atoms with Crippen LogP contribution in [0.15, 0.2) is 54.6 Å². The van der Waals surface area contributed by atoms with Gasteiger partial charge in [-0.1, -0.05) is 42.5 Å². The molecule has 0 aromatic heterocycles. The molecule has 106 valence electrons. The van der Waals surface area contributed by atoms with E-state index < -0.39 is 0 Å². The molecule has 0 heterocycles. The van der Waals surface area contributed by atoms with E-state index >= 15 is 0 Å². The van der Waals surface area contributed by atoms with Crippen molar-refractivity contribution in [3.05, 3.63) is 65.7 Å². The lowest BCUT2D eigenvalue weighted by Crippen LogP contribution is -2.12. The topological polar surface area (TPSA) is 50.1 Å². The Labute approximate surface area is 124 Å². The first-order valence-corrected chi connectivity index (χ1v) is 6.85. The van der Waals surface area contributed by atoms with E-state index in [9.17, 15) is 4.79 Å². The van der Waals surface area contributed by atoms with Crippen LogP contribution in [-0.2, 0) is 11.2 Å². The first-order valence-electron chi connectivity index (χ1n) is 6.85. The Morgan fingerprint density at radius 2 is 1.81 bits per heavy atom. The Kier molecular flexibility index (Phi) is 5.11. The van der Waals surface area contributed by atoms with Gasteiger partial charge in [0, 0.05) is 5.92 Å². The zero-order valence-corrected chi connectivity index (χ0v) is 12.0. The average molecular weight is 279 g/mol. The van der Waals surface area contributed by atoms with Gasteiger partial charge in [-0.25, -0.2) is 0 Å². The van der Waals surface area contributed by atoms with E-state index in [-0.39, 0.29) is 18.3 Å². The first-order chi connectivity index (χ1) is 10.2. The van der Waals surface area contributed by atoms with Crippen LogP contribution < -0.4 is 4.74 Å². The van der Waals surface area contributed by atoms with Crippen molar-refractivity contribution in [2.45, 2.75) is 19.3 Å². The fourth-order valence-corrected chi connectivity index (χ4v) is 2.25. The predicted molar refractivity (Wildman–Crippen MR) is 81.1 cm³/mol. The largest absolute Gasteiger partial charge is 0.479 e. The van der Waals surface area contributed by atoms with Crippen molar-refractivity contribution in [1.29, 1.82) is 5.26 Å². The van der Waals surface area contributed by atoms with Crippen molar-refractivity contribution in [2.75, 3.05) is 6.61 Å². The Morgan fingerprint density at radius 3 is 2.38 bits per heavy atom. The molecule has 2 rings (SSSR count). The lowest BCUT2D eigenvalue weighted by atomic mass is 9.89. The Bertz CT molecular complexity index is 627. The Hall–Kier alpha value is -2.60. The van der Waals surface area contributed by atoms with Crippen LogP contribution in [0.5, 0.6) is 5.75 Å². The quantitative estimate of drug-likeness (QED) is 0.813.